The van der Waals surface area contributed by atoms with Crippen LogP contribution in [-0.2, 0) is 4.79 Å². The first-order chi connectivity index (χ1) is 9.19. The Hall–Kier alpha value is -1.71. The van der Waals surface area contributed by atoms with Crippen LogP contribution in [0.1, 0.15) is 33.1 Å². The molecule has 0 aliphatic rings. The van der Waals surface area contributed by atoms with Crippen molar-refractivity contribution < 1.29 is 14.6 Å². The topological polar surface area (TPSA) is 49.8 Å². The van der Waals surface area contributed by atoms with Gasteiger partial charge in [-0.25, -0.2) is 0 Å². The summed E-state index contributed by atoms with van der Waals surface area (Å²) in [5.74, 6) is 0.0660. The molecule has 0 fully saturated rings. The maximum Gasteiger partial charge on any atom is 0.305 e. The molecule has 0 aliphatic heterocycles. The Bertz CT molecular complexity index is 393. The number of nitrogens with zero attached hydrogens (tertiary/aromatic N) is 1. The second kappa shape index (κ2) is 8.40. The van der Waals surface area contributed by atoms with Crippen LogP contribution in [0.25, 0.3) is 0 Å². The van der Waals surface area contributed by atoms with Gasteiger partial charge in [-0.3, -0.25) is 4.79 Å². The number of anilines is 1. The van der Waals surface area contributed by atoms with E-state index in [9.17, 15) is 4.79 Å². The Morgan fingerprint density at radius 2 is 1.95 bits per heavy atom. The average molecular weight is 265 g/mol. The first kappa shape index (κ1) is 15.3. The number of ether oxygens (including phenoxy) is 1. The molecular weight excluding hydrogens is 242 g/mol. The molecule has 4 nitrogen and oxygen atoms in total. The third-order valence-electron chi connectivity index (χ3n) is 2.76. The first-order valence-electron chi connectivity index (χ1n) is 6.87. The third kappa shape index (κ3) is 5.20. The van der Waals surface area contributed by atoms with Gasteiger partial charge in [0, 0.05) is 13.1 Å². The maximum atomic E-state index is 10.7. The summed E-state index contributed by atoms with van der Waals surface area (Å²) in [6.07, 6.45) is 2.07. The summed E-state index contributed by atoms with van der Waals surface area (Å²) in [5.41, 5.74) is 0.985. The van der Waals surface area contributed by atoms with Gasteiger partial charge < -0.3 is 14.7 Å². The Morgan fingerprint density at radius 3 is 2.58 bits per heavy atom. The summed E-state index contributed by atoms with van der Waals surface area (Å²) in [6, 6.07) is 7.82. The summed E-state index contributed by atoms with van der Waals surface area (Å²) >= 11 is 0. The van der Waals surface area contributed by atoms with Crippen LogP contribution in [0.3, 0.4) is 0 Å². The zero-order chi connectivity index (χ0) is 14.1. The molecule has 4 heteroatoms. The maximum absolute atomic E-state index is 10.7. The highest BCUT2D eigenvalue weighted by Crippen LogP contribution is 2.28. The highest BCUT2D eigenvalue weighted by atomic mass is 16.5. The fraction of sp³-hybridized carbons (Fsp3) is 0.533. The molecule has 0 bridgehead atoms. The first-order valence-corrected chi connectivity index (χ1v) is 6.87. The lowest BCUT2D eigenvalue weighted by molar-refractivity contribution is -0.136. The van der Waals surface area contributed by atoms with Gasteiger partial charge in [-0.05, 0) is 25.0 Å². The Labute approximate surface area is 115 Å². The summed E-state index contributed by atoms with van der Waals surface area (Å²) in [7, 11) is 0. The lowest BCUT2D eigenvalue weighted by atomic mass is 10.2. The standard InChI is InChI=1S/C15H23NO3/c1-3-10-16(11-9-15(17)18)13-7-5-6-8-14(13)19-12-4-2/h5-8H,3-4,9-12H2,1-2H3,(H,17,18). The monoisotopic (exact) mass is 265 g/mol. The fourth-order valence-corrected chi connectivity index (χ4v) is 1.91. The van der Waals surface area contributed by atoms with Gasteiger partial charge in [-0.2, -0.15) is 0 Å². The molecule has 0 aliphatic carbocycles. The van der Waals surface area contributed by atoms with Crippen LogP contribution in [0.5, 0.6) is 5.75 Å². The molecule has 1 aromatic rings. The van der Waals surface area contributed by atoms with E-state index in [1.807, 2.05) is 24.3 Å². The number of aliphatic carboxylic acids is 1. The SMILES string of the molecule is CCCOc1ccccc1N(CCC)CCC(=O)O. The number of carboxylic acid groups (broad SMARTS) is 1. The van der Waals surface area contributed by atoms with Crippen molar-refractivity contribution in [2.24, 2.45) is 0 Å². The highest BCUT2D eigenvalue weighted by Gasteiger charge is 2.12. The van der Waals surface area contributed by atoms with Gasteiger partial charge in [0.25, 0.3) is 0 Å². The highest BCUT2D eigenvalue weighted by molar-refractivity contribution is 5.68. The summed E-state index contributed by atoms with van der Waals surface area (Å²) in [4.78, 5) is 12.8. The number of carboxylic acids is 1. The minimum Gasteiger partial charge on any atom is -0.491 e. The molecule has 1 N–H and O–H groups in total. The Morgan fingerprint density at radius 1 is 1.21 bits per heavy atom. The lowest BCUT2D eigenvalue weighted by Gasteiger charge is -2.25. The molecule has 0 saturated carbocycles. The van der Waals surface area contributed by atoms with E-state index in [0.29, 0.717) is 13.2 Å². The minimum absolute atomic E-state index is 0.141. The number of benzene rings is 1. The number of rotatable bonds is 9. The van der Waals surface area contributed by atoms with E-state index >= 15 is 0 Å². The van der Waals surface area contributed by atoms with Crippen LogP contribution in [0, 0.1) is 0 Å². The van der Waals surface area contributed by atoms with Crippen molar-refractivity contribution >= 4 is 11.7 Å². The molecule has 1 aromatic carbocycles. The van der Waals surface area contributed by atoms with Crippen molar-refractivity contribution in [2.45, 2.75) is 33.1 Å². The molecule has 0 spiro atoms. The van der Waals surface area contributed by atoms with Crippen molar-refractivity contribution in [3.8, 4) is 5.75 Å². The molecule has 0 atom stereocenters. The fourth-order valence-electron chi connectivity index (χ4n) is 1.91. The molecule has 1 rings (SSSR count). The summed E-state index contributed by atoms with van der Waals surface area (Å²) in [6.45, 7) is 6.17. The molecule has 106 valence electrons. The van der Waals surface area contributed by atoms with E-state index < -0.39 is 5.97 Å². The van der Waals surface area contributed by atoms with Gasteiger partial charge >= 0.3 is 5.97 Å². The predicted molar refractivity (Wildman–Crippen MR) is 77.0 cm³/mol. The van der Waals surface area contributed by atoms with E-state index in [-0.39, 0.29) is 6.42 Å². The van der Waals surface area contributed by atoms with Crippen LogP contribution in [-0.4, -0.2) is 30.8 Å². The second-order valence-corrected chi connectivity index (χ2v) is 4.45. The van der Waals surface area contributed by atoms with Crippen LogP contribution in [0.2, 0.25) is 0 Å². The van der Waals surface area contributed by atoms with Gasteiger partial charge in [0.2, 0.25) is 0 Å². The van der Waals surface area contributed by atoms with Crippen LogP contribution in [0.4, 0.5) is 5.69 Å². The molecule has 0 heterocycles. The molecule has 0 saturated heterocycles. The number of carbonyl (C=O) groups is 1. The zero-order valence-electron chi connectivity index (χ0n) is 11.8. The van der Waals surface area contributed by atoms with Crippen molar-refractivity contribution in [1.29, 1.82) is 0 Å². The van der Waals surface area contributed by atoms with Gasteiger partial charge in [-0.1, -0.05) is 26.0 Å². The van der Waals surface area contributed by atoms with Crippen molar-refractivity contribution in [2.75, 3.05) is 24.6 Å². The predicted octanol–water partition coefficient (Wildman–Crippen LogP) is 3.17. The van der Waals surface area contributed by atoms with Gasteiger partial charge in [-0.15, -0.1) is 0 Å². The van der Waals surface area contributed by atoms with Crippen LogP contribution < -0.4 is 9.64 Å². The van der Waals surface area contributed by atoms with Crippen LogP contribution >= 0.6 is 0 Å². The van der Waals surface area contributed by atoms with Crippen molar-refractivity contribution in [3.05, 3.63) is 24.3 Å². The van der Waals surface area contributed by atoms with Crippen molar-refractivity contribution in [3.63, 3.8) is 0 Å². The zero-order valence-corrected chi connectivity index (χ0v) is 11.8. The molecule has 0 aromatic heterocycles. The van der Waals surface area contributed by atoms with Crippen LogP contribution in [0.15, 0.2) is 24.3 Å². The molecule has 0 radical (unpaired) electrons. The van der Waals surface area contributed by atoms with E-state index in [4.69, 9.17) is 9.84 Å². The van der Waals surface area contributed by atoms with Gasteiger partial charge in [0.15, 0.2) is 0 Å². The third-order valence-corrected chi connectivity index (χ3v) is 2.76. The van der Waals surface area contributed by atoms with Gasteiger partial charge in [0.05, 0.1) is 18.7 Å². The Balaban J connectivity index is 2.83. The number of hydrogen-bond donors (Lipinski definition) is 1. The van der Waals surface area contributed by atoms with Crippen molar-refractivity contribution in [1.82, 2.24) is 0 Å². The molecule has 19 heavy (non-hydrogen) atoms. The summed E-state index contributed by atoms with van der Waals surface area (Å²) < 4.78 is 5.73. The van der Waals surface area contributed by atoms with E-state index in [1.54, 1.807) is 0 Å². The van der Waals surface area contributed by atoms with Gasteiger partial charge in [0.1, 0.15) is 5.75 Å². The Kier molecular flexibility index (Phi) is 6.79. The van der Waals surface area contributed by atoms with E-state index in [1.165, 1.54) is 0 Å². The average Bonchev–Trinajstić information content (AvgIpc) is 2.41. The normalized spacial score (nSPS) is 10.2. The largest absolute Gasteiger partial charge is 0.491 e. The smallest absolute Gasteiger partial charge is 0.305 e. The number of para-hydroxylation sites is 2. The minimum atomic E-state index is -0.770. The quantitative estimate of drug-likeness (QED) is 0.745. The lowest BCUT2D eigenvalue weighted by Crippen LogP contribution is -2.27. The molecule has 0 amide bonds. The molecule has 0 unspecified atom stereocenters. The molecular formula is C15H23NO3. The summed E-state index contributed by atoms with van der Waals surface area (Å²) in [5, 5.41) is 8.83. The van der Waals surface area contributed by atoms with E-state index in [2.05, 4.69) is 18.7 Å². The van der Waals surface area contributed by atoms with E-state index in [0.717, 1.165) is 30.8 Å². The number of hydrogen-bond acceptors (Lipinski definition) is 3. The second-order valence-electron chi connectivity index (χ2n) is 4.45.